The molecule has 0 atom stereocenters. The average Bonchev–Trinajstić information content (AvgIpc) is 3.08. The van der Waals surface area contributed by atoms with Crippen LogP contribution in [0.5, 0.6) is 0 Å². The molecule has 1 saturated heterocycles. The molecule has 4 rings (SSSR count). The lowest BCUT2D eigenvalue weighted by Crippen LogP contribution is -2.26. The Kier molecular flexibility index (Phi) is 6.88. The summed E-state index contributed by atoms with van der Waals surface area (Å²) in [6.45, 7) is 6.03. The standard InChI is InChI=1S/C26H31FN2O3S/c1-3-4-13-29-18-25(33(31,32)20-11-9-19(2)10-12-20)26(30)21-16-22(27)24(17-23(21)29)28-14-7-5-6-8-15-28/h9-12,16-18H,3-8,13-15H2,1-2H3. The van der Waals surface area contributed by atoms with Crippen molar-refractivity contribution in [2.75, 3.05) is 18.0 Å². The van der Waals surface area contributed by atoms with Crippen LogP contribution in [0.25, 0.3) is 10.9 Å². The quantitative estimate of drug-likeness (QED) is 0.480. The van der Waals surface area contributed by atoms with Crippen molar-refractivity contribution >= 4 is 26.4 Å². The first-order chi connectivity index (χ1) is 15.8. The largest absolute Gasteiger partial charge is 0.369 e. The zero-order valence-corrected chi connectivity index (χ0v) is 20.1. The Balaban J connectivity index is 1.91. The molecule has 5 nitrogen and oxygen atoms in total. The van der Waals surface area contributed by atoms with E-state index in [-0.39, 0.29) is 15.2 Å². The van der Waals surface area contributed by atoms with Crippen LogP contribution in [0.2, 0.25) is 0 Å². The molecular weight excluding hydrogens is 439 g/mol. The summed E-state index contributed by atoms with van der Waals surface area (Å²) in [6, 6.07) is 9.39. The van der Waals surface area contributed by atoms with Crippen molar-refractivity contribution in [3.05, 3.63) is 64.2 Å². The zero-order chi connectivity index (χ0) is 23.6. The molecule has 0 amide bonds. The summed E-state index contributed by atoms with van der Waals surface area (Å²) >= 11 is 0. The van der Waals surface area contributed by atoms with Crippen molar-refractivity contribution in [3.63, 3.8) is 0 Å². The molecule has 1 aromatic heterocycles. The molecule has 0 N–H and O–H groups in total. The third-order valence-corrected chi connectivity index (χ3v) is 8.20. The molecule has 0 bridgehead atoms. The second-order valence-corrected chi connectivity index (χ2v) is 10.8. The first-order valence-corrected chi connectivity index (χ1v) is 13.2. The molecule has 1 aliphatic rings. The van der Waals surface area contributed by atoms with Gasteiger partial charge in [0, 0.05) is 25.8 Å². The number of hydrogen-bond donors (Lipinski definition) is 0. The number of nitrogens with zero attached hydrogens (tertiary/aromatic N) is 2. The molecule has 0 unspecified atom stereocenters. The Bertz CT molecular complexity index is 1310. The lowest BCUT2D eigenvalue weighted by Gasteiger charge is -2.24. The molecule has 1 aliphatic heterocycles. The van der Waals surface area contributed by atoms with Gasteiger partial charge in [0.2, 0.25) is 15.3 Å². The topological polar surface area (TPSA) is 59.4 Å². The molecule has 0 spiro atoms. The molecule has 2 aromatic carbocycles. The van der Waals surface area contributed by atoms with Gasteiger partial charge >= 0.3 is 0 Å². The number of benzene rings is 2. The van der Waals surface area contributed by atoms with Crippen LogP contribution in [0.4, 0.5) is 10.1 Å². The van der Waals surface area contributed by atoms with E-state index in [1.54, 1.807) is 18.2 Å². The highest BCUT2D eigenvalue weighted by molar-refractivity contribution is 7.91. The minimum atomic E-state index is -4.04. The van der Waals surface area contributed by atoms with Crippen molar-refractivity contribution in [1.82, 2.24) is 4.57 Å². The van der Waals surface area contributed by atoms with Crippen LogP contribution in [0.3, 0.4) is 0 Å². The summed E-state index contributed by atoms with van der Waals surface area (Å²) in [5.41, 5.74) is 1.34. The minimum Gasteiger partial charge on any atom is -0.369 e. The van der Waals surface area contributed by atoms with Gasteiger partial charge in [-0.25, -0.2) is 12.8 Å². The molecule has 3 aromatic rings. The Morgan fingerprint density at radius 3 is 2.30 bits per heavy atom. The highest BCUT2D eigenvalue weighted by atomic mass is 32.2. The fraction of sp³-hybridized carbons (Fsp3) is 0.423. The van der Waals surface area contributed by atoms with Crippen LogP contribution in [0, 0.1) is 12.7 Å². The van der Waals surface area contributed by atoms with E-state index in [4.69, 9.17) is 0 Å². The summed E-state index contributed by atoms with van der Waals surface area (Å²) < 4.78 is 43.8. The first kappa shape index (κ1) is 23.5. The minimum absolute atomic E-state index is 0.0632. The van der Waals surface area contributed by atoms with E-state index in [0.717, 1.165) is 57.2 Å². The van der Waals surface area contributed by atoms with Gasteiger partial charge in [-0.2, -0.15) is 0 Å². The van der Waals surface area contributed by atoms with Gasteiger partial charge < -0.3 is 9.47 Å². The van der Waals surface area contributed by atoms with E-state index < -0.39 is 21.1 Å². The summed E-state index contributed by atoms with van der Waals surface area (Å²) in [5.74, 6) is -0.478. The van der Waals surface area contributed by atoms with Crippen molar-refractivity contribution in [1.29, 1.82) is 0 Å². The highest BCUT2D eigenvalue weighted by Gasteiger charge is 2.25. The van der Waals surface area contributed by atoms with E-state index in [1.807, 2.05) is 16.4 Å². The predicted molar refractivity (Wildman–Crippen MR) is 130 cm³/mol. The van der Waals surface area contributed by atoms with Gasteiger partial charge in [-0.3, -0.25) is 4.79 Å². The van der Waals surface area contributed by atoms with Gasteiger partial charge in [0.25, 0.3) is 0 Å². The van der Waals surface area contributed by atoms with Gasteiger partial charge in [0.05, 0.1) is 21.5 Å². The molecule has 1 fully saturated rings. The number of aryl methyl sites for hydroxylation is 2. The number of halogens is 1. The summed E-state index contributed by atoms with van der Waals surface area (Å²) in [7, 11) is -4.04. The van der Waals surface area contributed by atoms with Crippen LogP contribution >= 0.6 is 0 Å². The Morgan fingerprint density at radius 2 is 1.67 bits per heavy atom. The van der Waals surface area contributed by atoms with Gasteiger partial charge in [0.15, 0.2) is 0 Å². The van der Waals surface area contributed by atoms with Gasteiger partial charge in [-0.1, -0.05) is 43.9 Å². The second-order valence-electron chi connectivity index (χ2n) is 8.91. The zero-order valence-electron chi connectivity index (χ0n) is 19.3. The van der Waals surface area contributed by atoms with Crippen LogP contribution in [0.1, 0.15) is 51.0 Å². The number of pyridine rings is 1. The maximum absolute atomic E-state index is 15.3. The van der Waals surface area contributed by atoms with Crippen molar-refractivity contribution in [3.8, 4) is 0 Å². The molecule has 0 aliphatic carbocycles. The smallest absolute Gasteiger partial charge is 0.211 e. The van der Waals surface area contributed by atoms with Crippen molar-refractivity contribution in [2.45, 2.75) is 68.7 Å². The van der Waals surface area contributed by atoms with E-state index in [1.165, 1.54) is 24.4 Å². The molecule has 7 heteroatoms. The number of anilines is 1. The number of hydrogen-bond acceptors (Lipinski definition) is 4. The molecule has 2 heterocycles. The first-order valence-electron chi connectivity index (χ1n) is 11.8. The fourth-order valence-electron chi connectivity index (χ4n) is 4.48. The maximum Gasteiger partial charge on any atom is 0.211 e. The summed E-state index contributed by atoms with van der Waals surface area (Å²) in [5, 5.41) is 0.107. The molecule has 33 heavy (non-hydrogen) atoms. The van der Waals surface area contributed by atoms with E-state index in [2.05, 4.69) is 6.92 Å². The number of sulfone groups is 1. The predicted octanol–water partition coefficient (Wildman–Crippen LogP) is 5.46. The molecular formula is C26H31FN2O3S. The van der Waals surface area contributed by atoms with Gasteiger partial charge in [0.1, 0.15) is 10.7 Å². The van der Waals surface area contributed by atoms with E-state index in [9.17, 15) is 13.2 Å². The third-order valence-electron chi connectivity index (χ3n) is 6.44. The van der Waals surface area contributed by atoms with Crippen LogP contribution in [-0.2, 0) is 16.4 Å². The SMILES string of the molecule is CCCCn1cc(S(=O)(=O)c2ccc(C)cc2)c(=O)c2cc(F)c(N3CCCCCC3)cc21. The summed E-state index contributed by atoms with van der Waals surface area (Å²) in [6.07, 6.45) is 7.45. The van der Waals surface area contributed by atoms with Crippen molar-refractivity contribution < 1.29 is 12.8 Å². The summed E-state index contributed by atoms with van der Waals surface area (Å²) in [4.78, 5) is 15.2. The van der Waals surface area contributed by atoms with Crippen LogP contribution < -0.4 is 10.3 Å². The van der Waals surface area contributed by atoms with E-state index in [0.29, 0.717) is 17.7 Å². The lowest BCUT2D eigenvalue weighted by atomic mass is 10.1. The second kappa shape index (κ2) is 9.67. The van der Waals surface area contributed by atoms with Crippen LogP contribution in [0.15, 0.2) is 57.2 Å². The number of unbranched alkanes of at least 4 members (excludes halogenated alkanes) is 1. The Hall–Kier alpha value is -2.67. The number of fused-ring (bicyclic) bond motifs is 1. The molecule has 176 valence electrons. The monoisotopic (exact) mass is 470 g/mol. The number of rotatable bonds is 6. The van der Waals surface area contributed by atoms with E-state index >= 15 is 4.39 Å². The molecule has 0 radical (unpaired) electrons. The number of aromatic nitrogens is 1. The lowest BCUT2D eigenvalue weighted by molar-refractivity contribution is 0.590. The van der Waals surface area contributed by atoms with Crippen molar-refractivity contribution in [2.24, 2.45) is 0 Å². The maximum atomic E-state index is 15.3. The Labute approximate surface area is 194 Å². The van der Waals surface area contributed by atoms with Crippen LogP contribution in [-0.4, -0.2) is 26.1 Å². The van der Waals surface area contributed by atoms with Gasteiger partial charge in [-0.05, 0) is 50.5 Å². The molecule has 0 saturated carbocycles. The highest BCUT2D eigenvalue weighted by Crippen LogP contribution is 2.29. The fourth-order valence-corrected chi connectivity index (χ4v) is 5.84. The average molecular weight is 471 g/mol. The third kappa shape index (κ3) is 4.69. The normalized spacial score (nSPS) is 15.1. The van der Waals surface area contributed by atoms with Gasteiger partial charge in [-0.15, -0.1) is 0 Å². The Morgan fingerprint density at radius 1 is 1.00 bits per heavy atom.